The summed E-state index contributed by atoms with van der Waals surface area (Å²) in [6.45, 7) is -0.485. The molecule has 5 nitrogen and oxygen atoms in total. The van der Waals surface area contributed by atoms with Crippen molar-refractivity contribution >= 4 is 11.8 Å². The average Bonchev–Trinajstić information content (AvgIpc) is 2.49. The summed E-state index contributed by atoms with van der Waals surface area (Å²) in [6.07, 6.45) is 0. The van der Waals surface area contributed by atoms with Gasteiger partial charge in [-0.15, -0.1) is 0 Å². The van der Waals surface area contributed by atoms with Crippen LogP contribution in [0.3, 0.4) is 0 Å². The minimum Gasteiger partial charge on any atom is -0.484 e. The third-order valence-corrected chi connectivity index (χ3v) is 2.61. The van der Waals surface area contributed by atoms with Gasteiger partial charge in [-0.2, -0.15) is 0 Å². The first-order valence-electron chi connectivity index (χ1n) is 6.37. The van der Waals surface area contributed by atoms with Crippen LogP contribution >= 0.6 is 0 Å². The first-order valence-corrected chi connectivity index (χ1v) is 6.37. The van der Waals surface area contributed by atoms with Gasteiger partial charge in [0.15, 0.2) is 6.61 Å². The van der Waals surface area contributed by atoms with Crippen LogP contribution < -0.4 is 15.6 Å². The number of halogens is 3. The van der Waals surface area contributed by atoms with Gasteiger partial charge in [-0.3, -0.25) is 20.4 Å². The summed E-state index contributed by atoms with van der Waals surface area (Å²) in [5.74, 6) is -3.86. The highest BCUT2D eigenvalue weighted by Gasteiger charge is 2.10. The number of carbonyl (C=O) groups is 2. The second-order valence-electron chi connectivity index (χ2n) is 4.41. The largest absolute Gasteiger partial charge is 0.484 e. The third-order valence-electron chi connectivity index (χ3n) is 2.61. The van der Waals surface area contributed by atoms with Gasteiger partial charge in [-0.1, -0.05) is 6.07 Å². The fraction of sp³-hybridized carbons (Fsp3) is 0.0667. The Labute approximate surface area is 129 Å². The van der Waals surface area contributed by atoms with Crippen LogP contribution in [0.5, 0.6) is 5.75 Å². The number of ether oxygens (including phenoxy) is 1. The van der Waals surface area contributed by atoms with E-state index < -0.39 is 35.9 Å². The first kappa shape index (κ1) is 16.3. The molecule has 0 bridgehead atoms. The zero-order valence-corrected chi connectivity index (χ0v) is 11.6. The molecule has 2 N–H and O–H groups in total. The Kier molecular flexibility index (Phi) is 5.19. The Balaban J connectivity index is 1.83. The Morgan fingerprint density at radius 1 is 0.913 bits per heavy atom. The van der Waals surface area contributed by atoms with Gasteiger partial charge in [0.2, 0.25) is 0 Å². The molecule has 23 heavy (non-hydrogen) atoms. The van der Waals surface area contributed by atoms with Crippen molar-refractivity contribution in [2.75, 3.05) is 6.61 Å². The number of hydrogen-bond acceptors (Lipinski definition) is 3. The second-order valence-corrected chi connectivity index (χ2v) is 4.41. The van der Waals surface area contributed by atoms with Gasteiger partial charge >= 0.3 is 0 Å². The molecule has 0 aromatic heterocycles. The van der Waals surface area contributed by atoms with Crippen LogP contribution in [0.1, 0.15) is 10.4 Å². The van der Waals surface area contributed by atoms with Crippen LogP contribution in [-0.4, -0.2) is 18.4 Å². The molecule has 0 saturated carbocycles. The molecule has 0 fully saturated rings. The number of hydrazine groups is 1. The molecule has 0 spiro atoms. The highest BCUT2D eigenvalue weighted by molar-refractivity contribution is 5.95. The summed E-state index contributed by atoms with van der Waals surface area (Å²) in [4.78, 5) is 23.1. The predicted octanol–water partition coefficient (Wildman–Crippen LogP) is 1.94. The molecule has 0 atom stereocenters. The van der Waals surface area contributed by atoms with Crippen molar-refractivity contribution in [3.8, 4) is 5.75 Å². The quantitative estimate of drug-likeness (QED) is 0.845. The third kappa shape index (κ3) is 5.03. The van der Waals surface area contributed by atoms with Crippen molar-refractivity contribution in [1.29, 1.82) is 0 Å². The van der Waals surface area contributed by atoms with E-state index in [1.165, 1.54) is 18.2 Å². The lowest BCUT2D eigenvalue weighted by molar-refractivity contribution is -0.123. The van der Waals surface area contributed by atoms with Crippen molar-refractivity contribution in [1.82, 2.24) is 10.9 Å². The summed E-state index contributed by atoms with van der Waals surface area (Å²) in [7, 11) is 0. The van der Waals surface area contributed by atoms with Crippen LogP contribution in [-0.2, 0) is 4.79 Å². The standard InChI is InChI=1S/C15H11F3N2O3/c16-10-2-1-3-13(7-10)23-8-14(21)19-20-15(22)9-4-11(17)6-12(18)5-9/h1-7H,8H2,(H,19,21)(H,20,22). The van der Waals surface area contributed by atoms with Crippen molar-refractivity contribution < 1.29 is 27.5 Å². The maximum Gasteiger partial charge on any atom is 0.276 e. The summed E-state index contributed by atoms with van der Waals surface area (Å²) in [5.41, 5.74) is 3.68. The van der Waals surface area contributed by atoms with Crippen LogP contribution in [0.2, 0.25) is 0 Å². The van der Waals surface area contributed by atoms with Crippen LogP contribution in [0, 0.1) is 17.5 Å². The van der Waals surface area contributed by atoms with Gasteiger partial charge in [-0.05, 0) is 24.3 Å². The molecule has 0 unspecified atom stereocenters. The summed E-state index contributed by atoms with van der Waals surface area (Å²) >= 11 is 0. The zero-order valence-electron chi connectivity index (χ0n) is 11.6. The Hall–Kier alpha value is -3.03. The van der Waals surface area contributed by atoms with Gasteiger partial charge in [0.05, 0.1) is 0 Å². The van der Waals surface area contributed by atoms with Crippen LogP contribution in [0.4, 0.5) is 13.2 Å². The monoisotopic (exact) mass is 324 g/mol. The predicted molar refractivity (Wildman–Crippen MR) is 73.9 cm³/mol. The van der Waals surface area contributed by atoms with Crippen molar-refractivity contribution in [2.24, 2.45) is 0 Å². The molecule has 2 rings (SSSR count). The summed E-state index contributed by atoms with van der Waals surface area (Å²) in [6, 6.07) is 7.39. The summed E-state index contributed by atoms with van der Waals surface area (Å²) < 4.78 is 43.8. The topological polar surface area (TPSA) is 67.4 Å². The molecule has 2 amide bonds. The highest BCUT2D eigenvalue weighted by atomic mass is 19.1. The molecule has 8 heteroatoms. The summed E-state index contributed by atoms with van der Waals surface area (Å²) in [5, 5.41) is 0. The number of carbonyl (C=O) groups excluding carboxylic acids is 2. The SMILES string of the molecule is O=C(COc1cccc(F)c1)NNC(=O)c1cc(F)cc(F)c1. The van der Waals surface area contributed by atoms with E-state index >= 15 is 0 Å². The van der Waals surface area contributed by atoms with E-state index in [2.05, 4.69) is 0 Å². The van der Waals surface area contributed by atoms with Gasteiger partial charge in [-0.25, -0.2) is 13.2 Å². The molecule has 0 aliphatic heterocycles. The molecular weight excluding hydrogens is 313 g/mol. The highest BCUT2D eigenvalue weighted by Crippen LogP contribution is 2.11. The minimum absolute atomic E-state index is 0.138. The molecule has 0 saturated heterocycles. The Morgan fingerprint density at radius 3 is 2.26 bits per heavy atom. The Morgan fingerprint density at radius 2 is 1.61 bits per heavy atom. The number of amides is 2. The fourth-order valence-corrected chi connectivity index (χ4v) is 1.63. The second kappa shape index (κ2) is 7.30. The maximum absolute atomic E-state index is 13.0. The van der Waals surface area contributed by atoms with E-state index in [4.69, 9.17) is 4.74 Å². The van der Waals surface area contributed by atoms with Gasteiger partial charge in [0.25, 0.3) is 11.8 Å². The van der Waals surface area contributed by atoms with E-state index in [-0.39, 0.29) is 11.3 Å². The molecule has 120 valence electrons. The van der Waals surface area contributed by atoms with Gasteiger partial charge < -0.3 is 4.74 Å². The lowest BCUT2D eigenvalue weighted by Gasteiger charge is -2.09. The normalized spacial score (nSPS) is 10.0. The molecular formula is C15H11F3N2O3. The number of nitrogens with one attached hydrogen (secondary N) is 2. The molecule has 0 aliphatic rings. The molecule has 0 radical (unpaired) electrons. The maximum atomic E-state index is 13.0. The van der Waals surface area contributed by atoms with E-state index in [9.17, 15) is 22.8 Å². The molecule has 0 aliphatic carbocycles. The first-order chi connectivity index (χ1) is 10.9. The lowest BCUT2D eigenvalue weighted by atomic mass is 10.2. The zero-order chi connectivity index (χ0) is 16.8. The smallest absolute Gasteiger partial charge is 0.276 e. The van der Waals surface area contributed by atoms with E-state index in [0.29, 0.717) is 6.07 Å². The number of rotatable bonds is 4. The molecule has 0 heterocycles. The van der Waals surface area contributed by atoms with E-state index in [1.54, 1.807) is 0 Å². The average molecular weight is 324 g/mol. The van der Waals surface area contributed by atoms with Crippen molar-refractivity contribution in [3.05, 3.63) is 65.5 Å². The number of benzene rings is 2. The fourth-order valence-electron chi connectivity index (χ4n) is 1.63. The Bertz CT molecular complexity index is 717. The molecule has 2 aromatic rings. The van der Waals surface area contributed by atoms with Crippen LogP contribution in [0.15, 0.2) is 42.5 Å². The van der Waals surface area contributed by atoms with E-state index in [1.807, 2.05) is 10.9 Å². The van der Waals surface area contributed by atoms with Gasteiger partial charge in [0, 0.05) is 17.7 Å². The van der Waals surface area contributed by atoms with Crippen molar-refractivity contribution in [2.45, 2.75) is 0 Å². The number of hydrogen-bond donors (Lipinski definition) is 2. The minimum atomic E-state index is -0.920. The lowest BCUT2D eigenvalue weighted by Crippen LogP contribution is -2.43. The van der Waals surface area contributed by atoms with Crippen molar-refractivity contribution in [3.63, 3.8) is 0 Å². The van der Waals surface area contributed by atoms with Gasteiger partial charge in [0.1, 0.15) is 23.2 Å². The molecule has 2 aromatic carbocycles. The van der Waals surface area contributed by atoms with E-state index in [0.717, 1.165) is 18.2 Å². The van der Waals surface area contributed by atoms with Crippen LogP contribution in [0.25, 0.3) is 0 Å².